The van der Waals surface area contributed by atoms with Gasteiger partial charge in [-0.3, -0.25) is 4.90 Å². The van der Waals surface area contributed by atoms with Crippen LogP contribution in [0.5, 0.6) is 0 Å². The summed E-state index contributed by atoms with van der Waals surface area (Å²) in [6, 6.07) is 1.21. The van der Waals surface area contributed by atoms with Gasteiger partial charge in [-0.15, -0.1) is 0 Å². The number of nitrogens with zero attached hydrogens (tertiary/aromatic N) is 2. The number of nitrogens with two attached hydrogens (primary N) is 1. The minimum absolute atomic E-state index is 0.373. The molecule has 0 aromatic carbocycles. The van der Waals surface area contributed by atoms with Gasteiger partial charge in [-0.05, 0) is 57.8 Å². The zero-order valence-corrected chi connectivity index (χ0v) is 11.6. The highest BCUT2D eigenvalue weighted by Crippen LogP contribution is 2.21. The van der Waals surface area contributed by atoms with Gasteiger partial charge in [0.2, 0.25) is 0 Å². The molecule has 0 saturated carbocycles. The van der Waals surface area contributed by atoms with Crippen LogP contribution in [0.2, 0.25) is 0 Å². The van der Waals surface area contributed by atoms with Gasteiger partial charge in [-0.25, -0.2) is 0 Å². The van der Waals surface area contributed by atoms with E-state index in [4.69, 9.17) is 5.73 Å². The van der Waals surface area contributed by atoms with Gasteiger partial charge in [0.15, 0.2) is 0 Å². The predicted molar refractivity (Wildman–Crippen MR) is 73.1 cm³/mol. The van der Waals surface area contributed by atoms with Crippen LogP contribution in [0.1, 0.15) is 39.5 Å². The van der Waals surface area contributed by atoms with Gasteiger partial charge in [0.1, 0.15) is 0 Å². The molecule has 0 bridgehead atoms. The van der Waals surface area contributed by atoms with Crippen LogP contribution in [0.3, 0.4) is 0 Å². The first-order valence-corrected chi connectivity index (χ1v) is 7.39. The van der Waals surface area contributed by atoms with E-state index in [-0.39, 0.29) is 0 Å². The number of hydrogen-bond donors (Lipinski definition) is 1. The summed E-state index contributed by atoms with van der Waals surface area (Å²) in [5.74, 6) is 0.616. The van der Waals surface area contributed by atoms with Gasteiger partial charge >= 0.3 is 0 Å². The Balaban J connectivity index is 1.77. The lowest BCUT2D eigenvalue weighted by molar-refractivity contribution is 0.212. The van der Waals surface area contributed by atoms with E-state index in [1.165, 1.54) is 52.0 Å². The van der Waals surface area contributed by atoms with E-state index in [2.05, 4.69) is 23.6 Å². The summed E-state index contributed by atoms with van der Waals surface area (Å²) in [4.78, 5) is 5.35. The van der Waals surface area contributed by atoms with E-state index in [0.717, 1.165) is 12.5 Å². The first kappa shape index (κ1) is 13.3. The first-order valence-electron chi connectivity index (χ1n) is 7.39. The lowest BCUT2D eigenvalue weighted by Gasteiger charge is -2.27. The normalized spacial score (nSPS) is 29.3. The second kappa shape index (κ2) is 6.17. The molecule has 2 fully saturated rings. The van der Waals surface area contributed by atoms with Crippen molar-refractivity contribution in [3.63, 3.8) is 0 Å². The fraction of sp³-hybridized carbons (Fsp3) is 1.00. The maximum absolute atomic E-state index is 6.14. The monoisotopic (exact) mass is 239 g/mol. The van der Waals surface area contributed by atoms with E-state index in [9.17, 15) is 0 Å². The third-order valence-corrected chi connectivity index (χ3v) is 4.52. The molecule has 2 aliphatic heterocycles. The van der Waals surface area contributed by atoms with Gasteiger partial charge < -0.3 is 10.6 Å². The zero-order chi connectivity index (χ0) is 12.3. The standard InChI is InChI=1S/C14H29N3/c1-12(2)14(15)6-10-16-7-4-9-17-8-3-5-13(17)11-16/h12-14H,3-11,15H2,1-2H3. The van der Waals surface area contributed by atoms with Crippen molar-refractivity contribution in [1.82, 2.24) is 9.80 Å². The Morgan fingerprint density at radius 1 is 1.18 bits per heavy atom. The van der Waals surface area contributed by atoms with E-state index in [0.29, 0.717) is 12.0 Å². The highest BCUT2D eigenvalue weighted by molar-refractivity contribution is 4.85. The van der Waals surface area contributed by atoms with Crippen LogP contribution in [0.15, 0.2) is 0 Å². The minimum atomic E-state index is 0.373. The molecule has 2 aliphatic rings. The molecule has 0 amide bonds. The van der Waals surface area contributed by atoms with Crippen LogP contribution in [0.25, 0.3) is 0 Å². The highest BCUT2D eigenvalue weighted by atomic mass is 15.3. The Labute approximate surface area is 106 Å². The molecule has 2 unspecified atom stereocenters. The Morgan fingerprint density at radius 3 is 2.71 bits per heavy atom. The lowest BCUT2D eigenvalue weighted by atomic mass is 10.0. The van der Waals surface area contributed by atoms with Crippen LogP contribution >= 0.6 is 0 Å². The van der Waals surface area contributed by atoms with Gasteiger partial charge in [-0.2, -0.15) is 0 Å². The van der Waals surface area contributed by atoms with E-state index in [1.807, 2.05) is 0 Å². The summed E-state index contributed by atoms with van der Waals surface area (Å²) in [5.41, 5.74) is 6.14. The van der Waals surface area contributed by atoms with Gasteiger partial charge in [0.25, 0.3) is 0 Å². The van der Waals surface area contributed by atoms with Crippen LogP contribution in [-0.2, 0) is 0 Å². The van der Waals surface area contributed by atoms with Gasteiger partial charge in [0, 0.05) is 18.6 Å². The predicted octanol–water partition coefficient (Wildman–Crippen LogP) is 1.53. The molecule has 2 atom stereocenters. The topological polar surface area (TPSA) is 32.5 Å². The van der Waals surface area contributed by atoms with Crippen molar-refractivity contribution in [2.75, 3.05) is 32.7 Å². The molecule has 0 aliphatic carbocycles. The SMILES string of the molecule is CC(C)C(N)CCN1CCCN2CCCC2C1. The lowest BCUT2D eigenvalue weighted by Crippen LogP contribution is -2.39. The molecule has 0 aromatic rings. The Hall–Kier alpha value is -0.120. The van der Waals surface area contributed by atoms with Crippen LogP contribution in [0.4, 0.5) is 0 Å². The highest BCUT2D eigenvalue weighted by Gasteiger charge is 2.28. The summed E-state index contributed by atoms with van der Waals surface area (Å²) >= 11 is 0. The van der Waals surface area contributed by atoms with Crippen molar-refractivity contribution in [2.45, 2.75) is 51.6 Å². The Bertz CT molecular complexity index is 230. The molecule has 2 saturated heterocycles. The zero-order valence-electron chi connectivity index (χ0n) is 11.6. The second-order valence-electron chi connectivity index (χ2n) is 6.18. The molecule has 3 nitrogen and oxygen atoms in total. The van der Waals surface area contributed by atoms with Crippen molar-refractivity contribution < 1.29 is 0 Å². The Kier molecular flexibility index (Phi) is 4.83. The van der Waals surface area contributed by atoms with Crippen LogP contribution in [0, 0.1) is 5.92 Å². The summed E-state index contributed by atoms with van der Waals surface area (Å²) in [6.07, 6.45) is 5.31. The minimum Gasteiger partial charge on any atom is -0.327 e. The van der Waals surface area contributed by atoms with E-state index >= 15 is 0 Å². The van der Waals surface area contributed by atoms with Crippen molar-refractivity contribution >= 4 is 0 Å². The maximum Gasteiger partial charge on any atom is 0.0223 e. The molecule has 0 spiro atoms. The number of hydrogen-bond acceptors (Lipinski definition) is 3. The summed E-state index contributed by atoms with van der Waals surface area (Å²) in [6.45, 7) is 10.9. The second-order valence-corrected chi connectivity index (χ2v) is 6.18. The largest absolute Gasteiger partial charge is 0.327 e. The van der Waals surface area contributed by atoms with Crippen LogP contribution in [-0.4, -0.2) is 54.6 Å². The quantitative estimate of drug-likeness (QED) is 0.807. The molecule has 2 N–H and O–H groups in total. The first-order chi connectivity index (χ1) is 8.16. The van der Waals surface area contributed by atoms with Gasteiger partial charge in [-0.1, -0.05) is 13.8 Å². The van der Waals surface area contributed by atoms with Crippen molar-refractivity contribution in [2.24, 2.45) is 11.7 Å². The maximum atomic E-state index is 6.14. The van der Waals surface area contributed by atoms with E-state index in [1.54, 1.807) is 0 Å². The fourth-order valence-electron chi connectivity index (χ4n) is 3.15. The third kappa shape index (κ3) is 3.67. The van der Waals surface area contributed by atoms with Crippen molar-refractivity contribution in [1.29, 1.82) is 0 Å². The Morgan fingerprint density at radius 2 is 1.94 bits per heavy atom. The summed E-state index contributed by atoms with van der Waals surface area (Å²) in [5, 5.41) is 0. The van der Waals surface area contributed by atoms with E-state index < -0.39 is 0 Å². The van der Waals surface area contributed by atoms with Crippen molar-refractivity contribution in [3.05, 3.63) is 0 Å². The fourth-order valence-corrected chi connectivity index (χ4v) is 3.15. The third-order valence-electron chi connectivity index (χ3n) is 4.52. The average Bonchev–Trinajstić information content (AvgIpc) is 2.64. The average molecular weight is 239 g/mol. The molecule has 2 rings (SSSR count). The molecule has 100 valence electrons. The molecule has 3 heteroatoms. The molecular weight excluding hydrogens is 210 g/mol. The molecule has 0 aromatic heterocycles. The molecular formula is C14H29N3. The van der Waals surface area contributed by atoms with Crippen LogP contribution < -0.4 is 5.73 Å². The van der Waals surface area contributed by atoms with Crippen molar-refractivity contribution in [3.8, 4) is 0 Å². The number of rotatable bonds is 4. The molecule has 17 heavy (non-hydrogen) atoms. The summed E-state index contributed by atoms with van der Waals surface area (Å²) < 4.78 is 0. The van der Waals surface area contributed by atoms with Gasteiger partial charge in [0.05, 0.1) is 0 Å². The number of fused-ring (bicyclic) bond motifs is 1. The molecule has 0 radical (unpaired) electrons. The summed E-state index contributed by atoms with van der Waals surface area (Å²) in [7, 11) is 0. The smallest absolute Gasteiger partial charge is 0.0223 e. The molecule has 2 heterocycles.